The van der Waals surface area contributed by atoms with Crippen LogP contribution in [0, 0.1) is 0 Å². The fourth-order valence-corrected chi connectivity index (χ4v) is 4.32. The molecule has 1 unspecified atom stereocenters. The lowest BCUT2D eigenvalue weighted by Gasteiger charge is -2.19. The SMILES string of the molecule is CCCCCCCCOP(=O)(CCCC)Oc1ccc(Br)cc1. The molecule has 0 bridgehead atoms. The van der Waals surface area contributed by atoms with E-state index in [4.69, 9.17) is 9.05 Å². The predicted octanol–water partition coefficient (Wildman–Crippen LogP) is 7.20. The van der Waals surface area contributed by atoms with Gasteiger partial charge in [0, 0.05) is 4.47 Å². The fraction of sp³-hybridized carbons (Fsp3) is 0.667. The van der Waals surface area contributed by atoms with Gasteiger partial charge in [-0.1, -0.05) is 68.3 Å². The largest absolute Gasteiger partial charge is 0.424 e. The number of benzene rings is 1. The predicted molar refractivity (Wildman–Crippen MR) is 101 cm³/mol. The van der Waals surface area contributed by atoms with Crippen LogP contribution in [0.15, 0.2) is 28.7 Å². The van der Waals surface area contributed by atoms with Crippen LogP contribution in [-0.4, -0.2) is 12.8 Å². The Labute approximate surface area is 149 Å². The molecule has 0 saturated carbocycles. The van der Waals surface area contributed by atoms with Gasteiger partial charge in [0.1, 0.15) is 5.75 Å². The van der Waals surface area contributed by atoms with Gasteiger partial charge in [-0.2, -0.15) is 0 Å². The van der Waals surface area contributed by atoms with Crippen LogP contribution in [0.25, 0.3) is 0 Å². The Morgan fingerprint density at radius 3 is 2.17 bits per heavy atom. The molecule has 0 aliphatic heterocycles. The number of rotatable bonds is 13. The van der Waals surface area contributed by atoms with Gasteiger partial charge >= 0.3 is 7.60 Å². The van der Waals surface area contributed by atoms with Crippen molar-refractivity contribution in [1.29, 1.82) is 0 Å². The highest BCUT2D eigenvalue weighted by Crippen LogP contribution is 2.49. The van der Waals surface area contributed by atoms with Crippen LogP contribution in [0.4, 0.5) is 0 Å². The van der Waals surface area contributed by atoms with Gasteiger partial charge < -0.3 is 4.52 Å². The van der Waals surface area contributed by atoms with Gasteiger partial charge in [-0.3, -0.25) is 4.52 Å². The lowest BCUT2D eigenvalue weighted by molar-refractivity contribution is 0.257. The highest BCUT2D eigenvalue weighted by molar-refractivity contribution is 9.10. The van der Waals surface area contributed by atoms with Crippen LogP contribution < -0.4 is 4.52 Å². The molecule has 0 heterocycles. The molecule has 0 saturated heterocycles. The van der Waals surface area contributed by atoms with E-state index in [-0.39, 0.29) is 0 Å². The second kappa shape index (κ2) is 12.1. The molecule has 132 valence electrons. The summed E-state index contributed by atoms with van der Waals surface area (Å²) in [6.45, 7) is 4.81. The highest BCUT2D eigenvalue weighted by Gasteiger charge is 2.25. The lowest BCUT2D eigenvalue weighted by atomic mass is 10.1. The summed E-state index contributed by atoms with van der Waals surface area (Å²) in [6.07, 6.45) is 9.44. The summed E-state index contributed by atoms with van der Waals surface area (Å²) in [5, 5.41) is 0. The van der Waals surface area contributed by atoms with E-state index in [0.29, 0.717) is 18.5 Å². The minimum atomic E-state index is -3.05. The molecule has 23 heavy (non-hydrogen) atoms. The Balaban J connectivity index is 2.43. The molecule has 1 aromatic carbocycles. The van der Waals surface area contributed by atoms with Crippen molar-refractivity contribution in [2.75, 3.05) is 12.8 Å². The first-order valence-electron chi connectivity index (χ1n) is 8.78. The van der Waals surface area contributed by atoms with Gasteiger partial charge in [-0.05, 0) is 37.1 Å². The average molecular weight is 405 g/mol. The number of hydrogen-bond acceptors (Lipinski definition) is 3. The van der Waals surface area contributed by atoms with E-state index < -0.39 is 7.60 Å². The van der Waals surface area contributed by atoms with Crippen LogP contribution in [0.3, 0.4) is 0 Å². The summed E-state index contributed by atoms with van der Waals surface area (Å²) < 4.78 is 25.3. The molecular weight excluding hydrogens is 375 g/mol. The molecule has 5 heteroatoms. The monoisotopic (exact) mass is 404 g/mol. The molecule has 1 atom stereocenters. The van der Waals surface area contributed by atoms with Crippen molar-refractivity contribution < 1.29 is 13.6 Å². The normalized spacial score (nSPS) is 13.7. The van der Waals surface area contributed by atoms with Crippen molar-refractivity contribution in [3.63, 3.8) is 0 Å². The van der Waals surface area contributed by atoms with Crippen molar-refractivity contribution in [2.45, 2.75) is 65.2 Å². The minimum absolute atomic E-state index is 0.482. The van der Waals surface area contributed by atoms with Crippen LogP contribution in [0.2, 0.25) is 0 Å². The van der Waals surface area contributed by atoms with E-state index in [1.54, 1.807) is 0 Å². The number of hydrogen-bond donors (Lipinski definition) is 0. The zero-order valence-corrected chi connectivity index (χ0v) is 16.9. The van der Waals surface area contributed by atoms with Gasteiger partial charge in [-0.15, -0.1) is 0 Å². The van der Waals surface area contributed by atoms with Gasteiger partial charge in [-0.25, -0.2) is 4.57 Å². The standard InChI is InChI=1S/C18H30BrO3P/c1-3-5-7-8-9-10-15-21-23(20,16-6-4-2)22-18-13-11-17(19)12-14-18/h11-14H,3-10,15-16H2,1-2H3. The van der Waals surface area contributed by atoms with E-state index in [0.717, 1.165) is 30.2 Å². The summed E-state index contributed by atoms with van der Waals surface area (Å²) >= 11 is 3.39. The Morgan fingerprint density at radius 2 is 1.52 bits per heavy atom. The molecule has 0 aliphatic rings. The van der Waals surface area contributed by atoms with Crippen molar-refractivity contribution in [2.24, 2.45) is 0 Å². The van der Waals surface area contributed by atoms with Gasteiger partial charge in [0.25, 0.3) is 0 Å². The summed E-state index contributed by atoms with van der Waals surface area (Å²) in [7, 11) is -3.05. The number of unbranched alkanes of at least 4 members (excludes halogenated alkanes) is 6. The molecule has 0 N–H and O–H groups in total. The van der Waals surface area contributed by atoms with Crippen LogP contribution in [-0.2, 0) is 9.09 Å². The summed E-state index contributed by atoms with van der Waals surface area (Å²) in [6, 6.07) is 7.40. The second-order valence-corrected chi connectivity index (χ2v) is 8.86. The molecule has 0 aromatic heterocycles. The Morgan fingerprint density at radius 1 is 0.913 bits per heavy atom. The molecular formula is C18H30BrO3P. The first kappa shape index (κ1) is 20.7. The second-order valence-electron chi connectivity index (χ2n) is 5.83. The topological polar surface area (TPSA) is 35.5 Å². The molecule has 1 rings (SSSR count). The molecule has 1 aromatic rings. The van der Waals surface area contributed by atoms with Gasteiger partial charge in [0.15, 0.2) is 0 Å². The van der Waals surface area contributed by atoms with E-state index in [2.05, 4.69) is 29.8 Å². The fourth-order valence-electron chi connectivity index (χ4n) is 2.23. The summed E-state index contributed by atoms with van der Waals surface area (Å²) in [4.78, 5) is 0. The maximum absolute atomic E-state index is 12.9. The first-order chi connectivity index (χ1) is 11.1. The Bertz CT molecular complexity index is 462. The van der Waals surface area contributed by atoms with E-state index in [9.17, 15) is 4.57 Å². The third kappa shape index (κ3) is 9.54. The Kier molecular flexibility index (Phi) is 10.9. The van der Waals surface area contributed by atoms with Gasteiger partial charge in [0.2, 0.25) is 0 Å². The third-order valence-electron chi connectivity index (χ3n) is 3.63. The molecule has 0 fully saturated rings. The van der Waals surface area contributed by atoms with Crippen LogP contribution >= 0.6 is 23.5 Å². The summed E-state index contributed by atoms with van der Waals surface area (Å²) in [5.41, 5.74) is 0. The van der Waals surface area contributed by atoms with E-state index in [1.165, 1.54) is 25.7 Å². The van der Waals surface area contributed by atoms with Gasteiger partial charge in [0.05, 0.1) is 12.8 Å². The summed E-state index contributed by atoms with van der Waals surface area (Å²) in [5.74, 6) is 0.607. The molecule has 3 nitrogen and oxygen atoms in total. The minimum Gasteiger partial charge on any atom is -0.424 e. The quantitative estimate of drug-likeness (QED) is 0.257. The van der Waals surface area contributed by atoms with Crippen molar-refractivity contribution >= 4 is 23.5 Å². The molecule has 0 aliphatic carbocycles. The maximum Gasteiger partial charge on any atom is 0.379 e. The van der Waals surface area contributed by atoms with Crippen molar-refractivity contribution in [3.05, 3.63) is 28.7 Å². The zero-order valence-electron chi connectivity index (χ0n) is 14.4. The first-order valence-corrected chi connectivity index (χ1v) is 11.3. The van der Waals surface area contributed by atoms with Crippen LogP contribution in [0.1, 0.15) is 65.2 Å². The molecule has 0 radical (unpaired) electrons. The lowest BCUT2D eigenvalue weighted by Crippen LogP contribution is -2.04. The number of halogens is 1. The van der Waals surface area contributed by atoms with Crippen LogP contribution in [0.5, 0.6) is 5.75 Å². The molecule has 0 amide bonds. The van der Waals surface area contributed by atoms with Crippen molar-refractivity contribution in [1.82, 2.24) is 0 Å². The maximum atomic E-state index is 12.9. The third-order valence-corrected chi connectivity index (χ3v) is 6.09. The van der Waals surface area contributed by atoms with E-state index >= 15 is 0 Å². The van der Waals surface area contributed by atoms with E-state index in [1.807, 2.05) is 24.3 Å². The molecule has 0 spiro atoms. The van der Waals surface area contributed by atoms with Crippen molar-refractivity contribution in [3.8, 4) is 5.75 Å². The smallest absolute Gasteiger partial charge is 0.379 e. The average Bonchev–Trinajstić information content (AvgIpc) is 2.54. The Hall–Kier alpha value is -0.310. The zero-order chi connectivity index (χ0) is 17.0. The highest BCUT2D eigenvalue weighted by atomic mass is 79.9.